The minimum absolute atomic E-state index is 0.178. The molecule has 5 heteroatoms. The van der Waals surface area contributed by atoms with Crippen LogP contribution < -0.4 is 10.6 Å². The first-order chi connectivity index (χ1) is 9.66. The van der Waals surface area contributed by atoms with Gasteiger partial charge in [-0.15, -0.1) is 0 Å². The zero-order valence-electron chi connectivity index (χ0n) is 10.7. The van der Waals surface area contributed by atoms with Crippen LogP contribution in [0.3, 0.4) is 0 Å². The third-order valence-corrected chi connectivity index (χ3v) is 3.00. The number of rotatable bonds is 4. The molecule has 4 nitrogen and oxygen atoms in total. The Labute approximate surface area is 123 Å². The van der Waals surface area contributed by atoms with Crippen molar-refractivity contribution in [3.8, 4) is 0 Å². The summed E-state index contributed by atoms with van der Waals surface area (Å²) < 4.78 is 0. The summed E-state index contributed by atoms with van der Waals surface area (Å²) in [6, 6.07) is 18.2. The van der Waals surface area contributed by atoms with Gasteiger partial charge in [-0.25, -0.2) is 0 Å². The highest BCUT2D eigenvalue weighted by atomic mass is 32.1. The van der Waals surface area contributed by atoms with Crippen LogP contribution in [0.25, 0.3) is 0 Å². The minimum Gasteiger partial charge on any atom is -0.369 e. The van der Waals surface area contributed by atoms with Crippen LogP contribution in [0.1, 0.15) is 23.6 Å². The van der Waals surface area contributed by atoms with Crippen LogP contribution in [0, 0.1) is 0 Å². The molecule has 0 aliphatic heterocycles. The number of aliphatic hydroxyl groups excluding tert-OH is 2. The monoisotopic (exact) mass is 288 g/mol. The largest absolute Gasteiger partial charge is 0.369 e. The van der Waals surface area contributed by atoms with Crippen LogP contribution in [0.4, 0.5) is 0 Å². The molecule has 0 spiro atoms. The van der Waals surface area contributed by atoms with E-state index in [-0.39, 0.29) is 5.11 Å². The lowest BCUT2D eigenvalue weighted by molar-refractivity contribution is 0.146. The molecule has 0 aliphatic rings. The maximum absolute atomic E-state index is 9.95. The second kappa shape index (κ2) is 7.00. The Morgan fingerprint density at radius 2 is 1.10 bits per heavy atom. The van der Waals surface area contributed by atoms with Crippen molar-refractivity contribution in [2.45, 2.75) is 12.5 Å². The molecular weight excluding hydrogens is 272 g/mol. The fourth-order valence-corrected chi connectivity index (χ4v) is 1.95. The molecule has 0 heterocycles. The SMILES string of the molecule is OC(NC(=S)NC(O)c1ccccc1)c1ccccc1. The van der Waals surface area contributed by atoms with Crippen molar-refractivity contribution in [2.24, 2.45) is 0 Å². The molecule has 0 aromatic heterocycles. The topological polar surface area (TPSA) is 64.5 Å². The van der Waals surface area contributed by atoms with E-state index in [0.29, 0.717) is 11.1 Å². The van der Waals surface area contributed by atoms with Gasteiger partial charge in [0, 0.05) is 11.1 Å². The number of thiocarbonyl (C=S) groups is 1. The van der Waals surface area contributed by atoms with Gasteiger partial charge in [-0.2, -0.15) is 0 Å². The van der Waals surface area contributed by atoms with Crippen molar-refractivity contribution < 1.29 is 10.2 Å². The first-order valence-electron chi connectivity index (χ1n) is 6.20. The highest BCUT2D eigenvalue weighted by molar-refractivity contribution is 7.80. The summed E-state index contributed by atoms with van der Waals surface area (Å²) in [7, 11) is 0. The van der Waals surface area contributed by atoms with E-state index in [1.54, 1.807) is 24.3 Å². The van der Waals surface area contributed by atoms with Crippen molar-refractivity contribution in [1.29, 1.82) is 0 Å². The molecule has 2 aromatic rings. The fraction of sp³-hybridized carbons (Fsp3) is 0.133. The molecular formula is C15H16N2O2S. The van der Waals surface area contributed by atoms with Crippen LogP contribution in [0.5, 0.6) is 0 Å². The maximum Gasteiger partial charge on any atom is 0.170 e. The Kier molecular flexibility index (Phi) is 5.06. The zero-order chi connectivity index (χ0) is 14.4. The molecule has 0 radical (unpaired) electrons. The fourth-order valence-electron chi connectivity index (χ4n) is 1.73. The summed E-state index contributed by atoms with van der Waals surface area (Å²) in [5.41, 5.74) is 1.40. The van der Waals surface area contributed by atoms with Gasteiger partial charge in [-0.1, -0.05) is 60.7 Å². The predicted octanol–water partition coefficient (Wildman–Crippen LogP) is 1.83. The van der Waals surface area contributed by atoms with Gasteiger partial charge in [0.2, 0.25) is 0 Å². The van der Waals surface area contributed by atoms with E-state index in [1.807, 2.05) is 36.4 Å². The Hall–Kier alpha value is -1.95. The lowest BCUT2D eigenvalue weighted by Gasteiger charge is -2.19. The van der Waals surface area contributed by atoms with Crippen LogP contribution in [0.2, 0.25) is 0 Å². The average Bonchev–Trinajstić information content (AvgIpc) is 2.49. The second-order valence-corrected chi connectivity index (χ2v) is 4.65. The highest BCUT2D eigenvalue weighted by Gasteiger charge is 2.11. The number of benzene rings is 2. The van der Waals surface area contributed by atoms with Crippen molar-refractivity contribution >= 4 is 17.3 Å². The molecule has 2 aromatic carbocycles. The smallest absolute Gasteiger partial charge is 0.170 e. The standard InChI is InChI=1S/C15H16N2O2S/c18-13(11-7-3-1-4-8-11)16-15(20)17-14(19)12-9-5-2-6-10-12/h1-10,13-14,18-19H,(H2,16,17,20). The van der Waals surface area contributed by atoms with Gasteiger partial charge in [0.1, 0.15) is 0 Å². The molecule has 0 fully saturated rings. The number of nitrogens with one attached hydrogen (secondary N) is 2. The first-order valence-corrected chi connectivity index (χ1v) is 6.60. The van der Waals surface area contributed by atoms with E-state index in [9.17, 15) is 10.2 Å². The average molecular weight is 288 g/mol. The predicted molar refractivity (Wildman–Crippen MR) is 81.7 cm³/mol. The van der Waals surface area contributed by atoms with Crippen molar-refractivity contribution in [3.05, 3.63) is 71.8 Å². The Morgan fingerprint density at radius 3 is 1.45 bits per heavy atom. The number of aliphatic hydroxyl groups is 2. The Bertz CT molecular complexity index is 499. The quantitative estimate of drug-likeness (QED) is 0.511. The van der Waals surface area contributed by atoms with E-state index in [0.717, 1.165) is 0 Å². The normalized spacial score (nSPS) is 13.3. The zero-order valence-corrected chi connectivity index (χ0v) is 11.5. The van der Waals surface area contributed by atoms with E-state index in [1.165, 1.54) is 0 Å². The molecule has 0 bridgehead atoms. The molecule has 0 saturated heterocycles. The van der Waals surface area contributed by atoms with E-state index >= 15 is 0 Å². The summed E-state index contributed by atoms with van der Waals surface area (Å²) in [4.78, 5) is 0. The number of hydrogen-bond acceptors (Lipinski definition) is 3. The summed E-state index contributed by atoms with van der Waals surface area (Å²) in [6.07, 6.45) is -1.83. The molecule has 0 amide bonds. The summed E-state index contributed by atoms with van der Waals surface area (Å²) >= 11 is 5.06. The minimum atomic E-state index is -0.917. The molecule has 104 valence electrons. The third-order valence-electron chi connectivity index (χ3n) is 2.77. The summed E-state index contributed by atoms with van der Waals surface area (Å²) in [6.45, 7) is 0. The van der Waals surface area contributed by atoms with E-state index in [4.69, 9.17) is 12.2 Å². The van der Waals surface area contributed by atoms with Gasteiger partial charge < -0.3 is 20.8 Å². The number of hydrogen-bond donors (Lipinski definition) is 4. The molecule has 20 heavy (non-hydrogen) atoms. The lowest BCUT2D eigenvalue weighted by atomic mass is 10.2. The van der Waals surface area contributed by atoms with Crippen LogP contribution >= 0.6 is 12.2 Å². The van der Waals surface area contributed by atoms with Gasteiger partial charge in [-0.3, -0.25) is 0 Å². The lowest BCUT2D eigenvalue weighted by Crippen LogP contribution is -2.39. The molecule has 2 unspecified atom stereocenters. The van der Waals surface area contributed by atoms with Crippen LogP contribution in [-0.4, -0.2) is 15.3 Å². The van der Waals surface area contributed by atoms with Gasteiger partial charge in [-0.05, 0) is 12.2 Å². The molecule has 2 atom stereocenters. The molecule has 4 N–H and O–H groups in total. The van der Waals surface area contributed by atoms with Gasteiger partial charge >= 0.3 is 0 Å². The summed E-state index contributed by atoms with van der Waals surface area (Å²) in [5, 5.41) is 25.5. The Balaban J connectivity index is 1.90. The maximum atomic E-state index is 9.95. The third kappa shape index (κ3) is 4.03. The van der Waals surface area contributed by atoms with Gasteiger partial charge in [0.05, 0.1) is 0 Å². The van der Waals surface area contributed by atoms with E-state index in [2.05, 4.69) is 10.6 Å². The van der Waals surface area contributed by atoms with Crippen molar-refractivity contribution in [1.82, 2.24) is 10.6 Å². The van der Waals surface area contributed by atoms with Crippen LogP contribution in [0.15, 0.2) is 60.7 Å². The van der Waals surface area contributed by atoms with Crippen molar-refractivity contribution in [2.75, 3.05) is 0 Å². The highest BCUT2D eigenvalue weighted by Crippen LogP contribution is 2.10. The first kappa shape index (κ1) is 14.5. The van der Waals surface area contributed by atoms with Crippen molar-refractivity contribution in [3.63, 3.8) is 0 Å². The van der Waals surface area contributed by atoms with Gasteiger partial charge in [0.15, 0.2) is 17.6 Å². The molecule has 0 aliphatic carbocycles. The van der Waals surface area contributed by atoms with E-state index < -0.39 is 12.5 Å². The molecule has 0 saturated carbocycles. The summed E-state index contributed by atoms with van der Waals surface area (Å²) in [5.74, 6) is 0. The Morgan fingerprint density at radius 1 is 0.750 bits per heavy atom. The van der Waals surface area contributed by atoms with Gasteiger partial charge in [0.25, 0.3) is 0 Å². The molecule has 2 rings (SSSR count). The second-order valence-electron chi connectivity index (χ2n) is 4.24. The van der Waals surface area contributed by atoms with Crippen LogP contribution in [-0.2, 0) is 0 Å².